The summed E-state index contributed by atoms with van der Waals surface area (Å²) < 4.78 is 12.6. The van der Waals surface area contributed by atoms with Gasteiger partial charge in [0.1, 0.15) is 0 Å². The topological polar surface area (TPSA) is 72.8 Å². The summed E-state index contributed by atoms with van der Waals surface area (Å²) in [6, 6.07) is 17.1. The Morgan fingerprint density at radius 3 is 2.24 bits per heavy atom. The number of methoxy groups -OCH3 is 2. The molecule has 4 rings (SSSR count). The van der Waals surface area contributed by atoms with Crippen molar-refractivity contribution in [3.63, 3.8) is 0 Å². The Balaban J connectivity index is 1.27. The molecule has 33 heavy (non-hydrogen) atoms. The van der Waals surface area contributed by atoms with Crippen molar-refractivity contribution < 1.29 is 19.1 Å². The molecule has 2 heterocycles. The number of ether oxygens (including phenoxy) is 2. The third-order valence-electron chi connectivity index (χ3n) is 5.98. The fraction of sp³-hybridized carbons (Fsp3) is 0.308. The summed E-state index contributed by atoms with van der Waals surface area (Å²) in [5.74, 6) is 1.24. The van der Waals surface area contributed by atoms with Crippen LogP contribution >= 0.6 is 0 Å². The number of aromatic nitrogens is 1. The van der Waals surface area contributed by atoms with Gasteiger partial charge in [0.05, 0.1) is 20.6 Å². The molecule has 1 aliphatic rings. The summed E-state index contributed by atoms with van der Waals surface area (Å²) in [5, 5.41) is 3.10. The lowest BCUT2D eigenvalue weighted by molar-refractivity contribution is -0.121. The number of rotatable bonds is 7. The second-order valence-electron chi connectivity index (χ2n) is 8.14. The van der Waals surface area contributed by atoms with Crippen molar-refractivity contribution in [1.29, 1.82) is 0 Å². The zero-order valence-corrected chi connectivity index (χ0v) is 19.0. The highest BCUT2D eigenvalue weighted by Crippen LogP contribution is 2.27. The number of nitrogens with one attached hydrogen (secondary N) is 1. The first-order chi connectivity index (χ1) is 16.1. The van der Waals surface area contributed by atoms with Crippen LogP contribution in [0.1, 0.15) is 28.8 Å². The highest BCUT2D eigenvalue weighted by Gasteiger charge is 2.24. The van der Waals surface area contributed by atoms with Gasteiger partial charge in [-0.1, -0.05) is 6.07 Å². The number of nitrogens with zero attached hydrogens (tertiary/aromatic N) is 2. The lowest BCUT2D eigenvalue weighted by atomic mass is 10.0. The van der Waals surface area contributed by atoms with Gasteiger partial charge in [0.15, 0.2) is 11.5 Å². The molecule has 1 aliphatic heterocycles. The van der Waals surface area contributed by atoms with Gasteiger partial charge in [-0.3, -0.25) is 9.59 Å². The number of carbonyl (C=O) groups excluding carboxylic acids is 2. The Morgan fingerprint density at radius 2 is 1.61 bits per heavy atom. The van der Waals surface area contributed by atoms with Crippen LogP contribution in [0.2, 0.25) is 0 Å². The van der Waals surface area contributed by atoms with Crippen molar-refractivity contribution in [2.24, 2.45) is 0 Å². The molecule has 1 N–H and O–H groups in total. The largest absolute Gasteiger partial charge is 0.493 e. The fourth-order valence-electron chi connectivity index (χ4n) is 4.15. The molecule has 7 heteroatoms. The van der Waals surface area contributed by atoms with Gasteiger partial charge in [-0.2, -0.15) is 0 Å². The van der Waals surface area contributed by atoms with E-state index < -0.39 is 0 Å². The second-order valence-corrected chi connectivity index (χ2v) is 8.14. The summed E-state index contributed by atoms with van der Waals surface area (Å²) in [6.45, 7) is 1.25. The van der Waals surface area contributed by atoms with Crippen molar-refractivity contribution in [3.8, 4) is 17.2 Å². The number of hydrogen-bond donors (Lipinski definition) is 1. The summed E-state index contributed by atoms with van der Waals surface area (Å²) in [6.07, 6.45) is 5.70. The van der Waals surface area contributed by atoms with Gasteiger partial charge in [0.25, 0.3) is 5.91 Å². The number of benzene rings is 2. The molecular formula is C26H29N3O4. The van der Waals surface area contributed by atoms with E-state index in [1.807, 2.05) is 70.4 Å². The van der Waals surface area contributed by atoms with Crippen LogP contribution in [0.4, 0.5) is 0 Å². The molecule has 1 aromatic heterocycles. The minimum Gasteiger partial charge on any atom is -0.493 e. The second kappa shape index (κ2) is 10.3. The minimum atomic E-state index is -0.0346. The Hall–Kier alpha value is -3.74. The lowest BCUT2D eigenvalue weighted by Gasteiger charge is -2.32. The van der Waals surface area contributed by atoms with Crippen molar-refractivity contribution in [2.45, 2.75) is 25.3 Å². The maximum absolute atomic E-state index is 12.9. The lowest BCUT2D eigenvalue weighted by Crippen LogP contribution is -2.46. The summed E-state index contributed by atoms with van der Waals surface area (Å²) in [4.78, 5) is 27.3. The third-order valence-corrected chi connectivity index (χ3v) is 5.98. The maximum atomic E-state index is 12.9. The molecular weight excluding hydrogens is 418 g/mol. The fourth-order valence-corrected chi connectivity index (χ4v) is 4.15. The van der Waals surface area contributed by atoms with E-state index in [4.69, 9.17) is 9.47 Å². The Bertz CT molecular complexity index is 1090. The van der Waals surface area contributed by atoms with Crippen LogP contribution in [0, 0.1) is 0 Å². The predicted octanol–water partition coefficient (Wildman–Crippen LogP) is 3.46. The van der Waals surface area contributed by atoms with Crippen LogP contribution in [0.25, 0.3) is 5.69 Å². The summed E-state index contributed by atoms with van der Waals surface area (Å²) in [7, 11) is 3.16. The standard InChI is InChI=1S/C26H29N3O4/c1-32-23-10-5-19(17-24(23)33-2)18-25(30)27-21-11-15-29(16-12-21)26(31)20-6-8-22(9-7-20)28-13-3-4-14-28/h3-10,13-14,17,21H,11-12,15-16,18H2,1-2H3,(H,27,30). The van der Waals surface area contributed by atoms with Gasteiger partial charge in [-0.15, -0.1) is 0 Å². The number of hydrogen-bond acceptors (Lipinski definition) is 4. The average molecular weight is 448 g/mol. The zero-order chi connectivity index (χ0) is 23.2. The van der Waals surface area contributed by atoms with Gasteiger partial charge in [0, 0.05) is 42.8 Å². The first-order valence-electron chi connectivity index (χ1n) is 11.1. The maximum Gasteiger partial charge on any atom is 0.253 e. The quantitative estimate of drug-likeness (QED) is 0.602. The number of likely N-dealkylation sites (tertiary alicyclic amines) is 1. The normalized spacial score (nSPS) is 14.1. The highest BCUT2D eigenvalue weighted by atomic mass is 16.5. The van der Waals surface area contributed by atoms with Crippen molar-refractivity contribution in [1.82, 2.24) is 14.8 Å². The summed E-state index contributed by atoms with van der Waals surface area (Å²) in [5.41, 5.74) is 2.57. The molecule has 1 saturated heterocycles. The first kappa shape index (κ1) is 22.5. The molecule has 0 aliphatic carbocycles. The van der Waals surface area contributed by atoms with Crippen LogP contribution < -0.4 is 14.8 Å². The number of carbonyl (C=O) groups is 2. The first-order valence-corrected chi connectivity index (χ1v) is 11.1. The molecule has 0 atom stereocenters. The molecule has 1 fully saturated rings. The van der Waals surface area contributed by atoms with Crippen molar-refractivity contribution in [3.05, 3.63) is 78.1 Å². The average Bonchev–Trinajstić information content (AvgIpc) is 3.39. The molecule has 0 saturated carbocycles. The molecule has 0 bridgehead atoms. The van der Waals surface area contributed by atoms with Gasteiger partial charge < -0.3 is 24.3 Å². The van der Waals surface area contributed by atoms with E-state index in [9.17, 15) is 9.59 Å². The van der Waals surface area contributed by atoms with Crippen molar-refractivity contribution >= 4 is 11.8 Å². The van der Waals surface area contributed by atoms with Crippen molar-refractivity contribution in [2.75, 3.05) is 27.3 Å². The van der Waals surface area contributed by atoms with Crippen LogP contribution in [0.15, 0.2) is 67.0 Å². The SMILES string of the molecule is COc1ccc(CC(=O)NC2CCN(C(=O)c3ccc(-n4cccc4)cc3)CC2)cc1OC. The molecule has 0 spiro atoms. The van der Waals surface area contributed by atoms with E-state index in [0.717, 1.165) is 24.1 Å². The zero-order valence-electron chi connectivity index (χ0n) is 19.0. The molecule has 0 unspecified atom stereocenters. The van der Waals surface area contributed by atoms with E-state index in [1.165, 1.54) is 0 Å². The van der Waals surface area contributed by atoms with E-state index in [0.29, 0.717) is 30.2 Å². The van der Waals surface area contributed by atoms with E-state index in [-0.39, 0.29) is 24.3 Å². The Kier molecular flexibility index (Phi) is 6.98. The van der Waals surface area contributed by atoms with Crippen LogP contribution in [0.5, 0.6) is 11.5 Å². The predicted molar refractivity (Wildman–Crippen MR) is 126 cm³/mol. The van der Waals surface area contributed by atoms with Gasteiger partial charge in [-0.05, 0) is 66.9 Å². The van der Waals surface area contributed by atoms with E-state index >= 15 is 0 Å². The van der Waals surface area contributed by atoms with E-state index in [2.05, 4.69) is 5.32 Å². The summed E-state index contributed by atoms with van der Waals surface area (Å²) >= 11 is 0. The highest BCUT2D eigenvalue weighted by molar-refractivity contribution is 5.94. The molecule has 172 valence electrons. The number of amides is 2. The molecule has 2 amide bonds. The molecule has 2 aromatic carbocycles. The van der Waals surface area contributed by atoms with Crippen LogP contribution in [0.3, 0.4) is 0 Å². The monoisotopic (exact) mass is 447 g/mol. The van der Waals surface area contributed by atoms with Gasteiger partial charge in [-0.25, -0.2) is 0 Å². The molecule has 7 nitrogen and oxygen atoms in total. The molecule has 3 aromatic rings. The Labute approximate surface area is 193 Å². The molecule has 0 radical (unpaired) electrons. The van der Waals surface area contributed by atoms with Crippen LogP contribution in [-0.4, -0.2) is 54.6 Å². The van der Waals surface area contributed by atoms with Gasteiger partial charge >= 0.3 is 0 Å². The Morgan fingerprint density at radius 1 is 0.939 bits per heavy atom. The van der Waals surface area contributed by atoms with Crippen LogP contribution in [-0.2, 0) is 11.2 Å². The number of piperidine rings is 1. The third kappa shape index (κ3) is 5.37. The van der Waals surface area contributed by atoms with E-state index in [1.54, 1.807) is 20.3 Å². The smallest absolute Gasteiger partial charge is 0.253 e. The minimum absolute atomic E-state index is 0.0316. The van der Waals surface area contributed by atoms with Gasteiger partial charge in [0.2, 0.25) is 5.91 Å².